The van der Waals surface area contributed by atoms with E-state index in [1.54, 1.807) is 37.4 Å². The third-order valence-electron chi connectivity index (χ3n) is 4.86. The minimum absolute atomic E-state index is 0. The van der Waals surface area contributed by atoms with Crippen molar-refractivity contribution in [2.75, 3.05) is 34.2 Å². The summed E-state index contributed by atoms with van der Waals surface area (Å²) in [6.45, 7) is 2.20. The van der Waals surface area contributed by atoms with Crippen LogP contribution in [-0.4, -0.2) is 61.8 Å². The second-order valence-electron chi connectivity index (χ2n) is 7.11. The molecule has 2 heterocycles. The molecule has 0 radical (unpaired) electrons. The molecule has 0 atom stereocenters. The molecule has 1 aliphatic rings. The van der Waals surface area contributed by atoms with E-state index >= 15 is 0 Å². The molecule has 1 aromatic carbocycles. The molecule has 0 fully saturated rings. The maximum Gasteiger partial charge on any atom is 0.253 e. The maximum absolute atomic E-state index is 12.5. The van der Waals surface area contributed by atoms with Crippen LogP contribution in [0.2, 0.25) is 0 Å². The number of nitrogens with zero attached hydrogens (tertiary/aromatic N) is 3. The van der Waals surface area contributed by atoms with Crippen molar-refractivity contribution >= 4 is 53.1 Å². The van der Waals surface area contributed by atoms with Crippen LogP contribution in [0.3, 0.4) is 0 Å². The molecular weight excluding hydrogens is 513 g/mol. The predicted octanol–water partition coefficient (Wildman–Crippen LogP) is 2.32. The fraction of sp³-hybridized carbons (Fsp3) is 0.381. The molecule has 3 rings (SSSR count). The minimum atomic E-state index is -0.0206. The lowest BCUT2D eigenvalue weighted by molar-refractivity contribution is -0.130. The van der Waals surface area contributed by atoms with Gasteiger partial charge in [0.05, 0.1) is 6.54 Å². The van der Waals surface area contributed by atoms with Gasteiger partial charge in [-0.25, -0.2) is 0 Å². The zero-order chi connectivity index (χ0) is 20.8. The quantitative estimate of drug-likeness (QED) is 0.346. The van der Waals surface area contributed by atoms with E-state index in [9.17, 15) is 9.59 Å². The molecule has 7 nitrogen and oxygen atoms in total. The van der Waals surface area contributed by atoms with Crippen LogP contribution in [0.15, 0.2) is 40.7 Å². The number of benzene rings is 1. The first-order chi connectivity index (χ1) is 14.0. The molecule has 2 N–H and O–H groups in total. The van der Waals surface area contributed by atoms with E-state index in [4.69, 9.17) is 0 Å². The highest BCUT2D eigenvalue weighted by molar-refractivity contribution is 14.0. The van der Waals surface area contributed by atoms with Crippen LogP contribution < -0.4 is 10.6 Å². The fourth-order valence-corrected chi connectivity index (χ4v) is 4.05. The standard InChI is InChI=1S/C21H27N5O2S.HI/c1-22-21(23-12-15-4-6-16(7-5-15)20(28)25(2)3)24-13-19(27)26-10-8-18-17(14-26)9-11-29-18;/h4-7,9,11H,8,10,12-14H2,1-3H3,(H2,22,23,24);1H. The third-order valence-corrected chi connectivity index (χ3v) is 5.88. The average molecular weight is 541 g/mol. The highest BCUT2D eigenvalue weighted by Crippen LogP contribution is 2.23. The number of amides is 2. The second-order valence-corrected chi connectivity index (χ2v) is 8.11. The molecule has 162 valence electrons. The van der Waals surface area contributed by atoms with E-state index in [-0.39, 0.29) is 42.3 Å². The topological polar surface area (TPSA) is 77.0 Å². The van der Waals surface area contributed by atoms with Gasteiger partial charge in [0.25, 0.3) is 5.91 Å². The molecule has 1 aliphatic heterocycles. The van der Waals surface area contributed by atoms with Gasteiger partial charge in [-0.1, -0.05) is 12.1 Å². The molecule has 0 saturated heterocycles. The summed E-state index contributed by atoms with van der Waals surface area (Å²) in [7, 11) is 5.15. The molecule has 0 aliphatic carbocycles. The number of carbonyl (C=O) groups is 2. The summed E-state index contributed by atoms with van der Waals surface area (Å²) >= 11 is 1.77. The number of aliphatic imine (C=N–C) groups is 1. The van der Waals surface area contributed by atoms with Crippen LogP contribution in [0, 0.1) is 0 Å². The van der Waals surface area contributed by atoms with Gasteiger partial charge in [0.2, 0.25) is 5.91 Å². The summed E-state index contributed by atoms with van der Waals surface area (Å²) in [5.41, 5.74) is 2.94. The normalized spacial score (nSPS) is 13.2. The molecule has 2 aromatic rings. The lowest BCUT2D eigenvalue weighted by Gasteiger charge is -2.27. The van der Waals surface area contributed by atoms with Crippen LogP contribution in [0.4, 0.5) is 0 Å². The van der Waals surface area contributed by atoms with Gasteiger partial charge in [-0.05, 0) is 41.1 Å². The van der Waals surface area contributed by atoms with Gasteiger partial charge in [-0.2, -0.15) is 0 Å². The number of hydrogen-bond donors (Lipinski definition) is 2. The Labute approximate surface area is 198 Å². The first-order valence-corrected chi connectivity index (χ1v) is 10.4. The number of rotatable bonds is 5. The number of carbonyl (C=O) groups excluding carboxylic acids is 2. The Morgan fingerprint density at radius 3 is 2.57 bits per heavy atom. The molecule has 0 unspecified atom stereocenters. The lowest BCUT2D eigenvalue weighted by Crippen LogP contribution is -2.45. The van der Waals surface area contributed by atoms with E-state index in [1.807, 2.05) is 29.2 Å². The Morgan fingerprint density at radius 1 is 1.17 bits per heavy atom. The number of thiophene rings is 1. The SMILES string of the molecule is CN=C(NCC(=O)N1CCc2sccc2C1)NCc1ccc(C(=O)N(C)C)cc1.I. The molecule has 2 amide bonds. The largest absolute Gasteiger partial charge is 0.352 e. The molecule has 30 heavy (non-hydrogen) atoms. The van der Waals surface area contributed by atoms with Crippen molar-refractivity contribution < 1.29 is 9.59 Å². The van der Waals surface area contributed by atoms with Gasteiger partial charge in [0, 0.05) is 51.2 Å². The highest BCUT2D eigenvalue weighted by Gasteiger charge is 2.21. The molecule has 1 aromatic heterocycles. The van der Waals surface area contributed by atoms with E-state index in [0.717, 1.165) is 18.5 Å². The van der Waals surface area contributed by atoms with Crippen molar-refractivity contribution in [2.24, 2.45) is 4.99 Å². The van der Waals surface area contributed by atoms with Crippen LogP contribution in [0.25, 0.3) is 0 Å². The van der Waals surface area contributed by atoms with Gasteiger partial charge in [0.15, 0.2) is 5.96 Å². The first kappa shape index (κ1) is 24.1. The summed E-state index contributed by atoms with van der Waals surface area (Å²) in [5, 5.41) is 8.38. The fourth-order valence-electron chi connectivity index (χ4n) is 3.16. The summed E-state index contributed by atoms with van der Waals surface area (Å²) < 4.78 is 0. The van der Waals surface area contributed by atoms with Gasteiger partial charge in [-0.15, -0.1) is 35.3 Å². The van der Waals surface area contributed by atoms with E-state index < -0.39 is 0 Å². The molecule has 0 spiro atoms. The summed E-state index contributed by atoms with van der Waals surface area (Å²) in [4.78, 5) is 33.5. The second kappa shape index (κ2) is 11.3. The number of nitrogens with one attached hydrogen (secondary N) is 2. The molecule has 0 bridgehead atoms. The Morgan fingerprint density at radius 2 is 1.90 bits per heavy atom. The number of hydrogen-bond acceptors (Lipinski definition) is 4. The van der Waals surface area contributed by atoms with Crippen molar-refractivity contribution in [3.8, 4) is 0 Å². The van der Waals surface area contributed by atoms with E-state index in [1.165, 1.54) is 10.4 Å². The van der Waals surface area contributed by atoms with Crippen LogP contribution >= 0.6 is 35.3 Å². The molecule has 9 heteroatoms. The van der Waals surface area contributed by atoms with Gasteiger partial charge < -0.3 is 20.4 Å². The van der Waals surface area contributed by atoms with Crippen molar-refractivity contribution in [2.45, 2.75) is 19.5 Å². The smallest absolute Gasteiger partial charge is 0.253 e. The summed E-state index contributed by atoms with van der Waals surface area (Å²) in [6, 6.07) is 9.55. The van der Waals surface area contributed by atoms with Gasteiger partial charge in [0.1, 0.15) is 0 Å². The van der Waals surface area contributed by atoms with Gasteiger partial charge in [-0.3, -0.25) is 14.6 Å². The Hall–Kier alpha value is -2.14. The van der Waals surface area contributed by atoms with Crippen LogP contribution in [0.5, 0.6) is 0 Å². The molecular formula is C21H28IN5O2S. The third kappa shape index (κ3) is 6.18. The predicted molar refractivity (Wildman–Crippen MR) is 132 cm³/mol. The van der Waals surface area contributed by atoms with Crippen molar-refractivity contribution in [3.05, 3.63) is 57.3 Å². The Balaban J connectivity index is 0.00000320. The zero-order valence-corrected chi connectivity index (χ0v) is 20.6. The maximum atomic E-state index is 12.5. The van der Waals surface area contributed by atoms with E-state index in [2.05, 4.69) is 27.1 Å². The lowest BCUT2D eigenvalue weighted by atomic mass is 10.1. The highest BCUT2D eigenvalue weighted by atomic mass is 127. The zero-order valence-electron chi connectivity index (χ0n) is 17.5. The number of halogens is 1. The first-order valence-electron chi connectivity index (χ1n) is 9.56. The monoisotopic (exact) mass is 541 g/mol. The van der Waals surface area contributed by atoms with Crippen LogP contribution in [0.1, 0.15) is 26.4 Å². The average Bonchev–Trinajstić information content (AvgIpc) is 3.21. The van der Waals surface area contributed by atoms with Crippen molar-refractivity contribution in [1.82, 2.24) is 20.4 Å². The van der Waals surface area contributed by atoms with E-state index in [0.29, 0.717) is 24.6 Å². The Kier molecular flexibility index (Phi) is 9.09. The Bertz CT molecular complexity index is 895. The van der Waals surface area contributed by atoms with Crippen molar-refractivity contribution in [1.29, 1.82) is 0 Å². The number of guanidine groups is 1. The van der Waals surface area contributed by atoms with Crippen LogP contribution in [-0.2, 0) is 24.3 Å². The summed E-state index contributed by atoms with van der Waals surface area (Å²) in [6.07, 6.45) is 0.929. The summed E-state index contributed by atoms with van der Waals surface area (Å²) in [5.74, 6) is 0.615. The van der Waals surface area contributed by atoms with Crippen molar-refractivity contribution in [3.63, 3.8) is 0 Å². The van der Waals surface area contributed by atoms with Gasteiger partial charge >= 0.3 is 0 Å². The molecule has 0 saturated carbocycles. The number of fused-ring (bicyclic) bond motifs is 1. The minimum Gasteiger partial charge on any atom is -0.352 e.